The van der Waals surface area contributed by atoms with Crippen LogP contribution in [0, 0.1) is 0 Å². The second kappa shape index (κ2) is 9.53. The molecule has 0 aliphatic carbocycles. The molecule has 1 heteroatoms. The van der Waals surface area contributed by atoms with Crippen molar-refractivity contribution in [3.05, 3.63) is 23.8 Å². The molecule has 0 spiro atoms. The zero-order valence-electron chi connectivity index (χ0n) is 8.92. The molecule has 13 heavy (non-hydrogen) atoms. The van der Waals surface area contributed by atoms with E-state index < -0.39 is 0 Å². The molecule has 1 N–H and O–H groups in total. The monoisotopic (exact) mass is 182 g/mol. The van der Waals surface area contributed by atoms with E-state index in [1.54, 1.807) is 0 Å². The summed E-state index contributed by atoms with van der Waals surface area (Å²) in [5.41, 5.74) is 1.24. The van der Waals surface area contributed by atoms with E-state index in [0.717, 1.165) is 6.42 Å². The van der Waals surface area contributed by atoms with E-state index in [9.17, 15) is 0 Å². The van der Waals surface area contributed by atoms with Gasteiger partial charge in [-0.25, -0.2) is 0 Å². The number of aliphatic hydroxyl groups is 1. The molecule has 0 radical (unpaired) electrons. The number of hydrogen-bond acceptors (Lipinski definition) is 1. The van der Waals surface area contributed by atoms with Crippen LogP contribution in [0.3, 0.4) is 0 Å². The topological polar surface area (TPSA) is 20.2 Å². The van der Waals surface area contributed by atoms with Crippen LogP contribution in [-0.2, 0) is 0 Å². The van der Waals surface area contributed by atoms with Crippen LogP contribution in [0.4, 0.5) is 0 Å². The number of hydrogen-bond donors (Lipinski definition) is 1. The highest BCUT2D eigenvalue weighted by Crippen LogP contribution is 2.03. The predicted octanol–water partition coefficient (Wildman–Crippen LogP) is 3.45. The fourth-order valence-electron chi connectivity index (χ4n) is 1.14. The summed E-state index contributed by atoms with van der Waals surface area (Å²) < 4.78 is 0. The fraction of sp³-hybridized carbons (Fsp3) is 0.667. The van der Waals surface area contributed by atoms with Crippen LogP contribution in [0.5, 0.6) is 0 Å². The number of unbranched alkanes of at least 4 members (excludes halogenated alkanes) is 3. The van der Waals surface area contributed by atoms with E-state index in [1.807, 2.05) is 13.0 Å². The third kappa shape index (κ3) is 9.35. The number of rotatable bonds is 7. The molecular weight excluding hydrogens is 160 g/mol. The lowest BCUT2D eigenvalue weighted by atomic mass is 10.1. The van der Waals surface area contributed by atoms with E-state index in [0.29, 0.717) is 0 Å². The molecule has 0 unspecified atom stereocenters. The van der Waals surface area contributed by atoms with Crippen molar-refractivity contribution in [1.82, 2.24) is 0 Å². The van der Waals surface area contributed by atoms with Gasteiger partial charge in [0.1, 0.15) is 0 Å². The molecule has 0 aliphatic rings. The first-order chi connectivity index (χ1) is 6.31. The smallest absolute Gasteiger partial charge is 0.0615 e. The molecule has 0 aromatic heterocycles. The third-order valence-electron chi connectivity index (χ3n) is 2.02. The van der Waals surface area contributed by atoms with Crippen LogP contribution in [-0.4, -0.2) is 11.7 Å². The Labute approximate surface area is 82.2 Å². The van der Waals surface area contributed by atoms with Crippen LogP contribution < -0.4 is 0 Å². The van der Waals surface area contributed by atoms with Crippen LogP contribution in [0.2, 0.25) is 0 Å². The minimum Gasteiger partial charge on any atom is -0.392 e. The molecule has 0 bridgehead atoms. The Balaban J connectivity index is 3.35. The van der Waals surface area contributed by atoms with Gasteiger partial charge in [-0.3, -0.25) is 0 Å². The van der Waals surface area contributed by atoms with Crippen LogP contribution in [0.15, 0.2) is 23.8 Å². The van der Waals surface area contributed by atoms with E-state index in [4.69, 9.17) is 5.11 Å². The van der Waals surface area contributed by atoms with Crippen molar-refractivity contribution in [2.45, 2.75) is 46.0 Å². The lowest BCUT2D eigenvalue weighted by Gasteiger charge is -1.94. The quantitative estimate of drug-likeness (QED) is 0.472. The minimum absolute atomic E-state index is 0.162. The molecule has 0 saturated heterocycles. The number of aliphatic hydroxyl groups excluding tert-OH is 1. The summed E-state index contributed by atoms with van der Waals surface area (Å²) >= 11 is 0. The molecule has 0 amide bonds. The van der Waals surface area contributed by atoms with Gasteiger partial charge in [0.05, 0.1) is 6.61 Å². The van der Waals surface area contributed by atoms with Crippen molar-refractivity contribution in [1.29, 1.82) is 0 Å². The van der Waals surface area contributed by atoms with Crippen molar-refractivity contribution in [2.24, 2.45) is 0 Å². The molecular formula is C12H22O. The predicted molar refractivity (Wildman–Crippen MR) is 58.7 cm³/mol. The molecule has 76 valence electrons. The Morgan fingerprint density at radius 2 is 2.00 bits per heavy atom. The van der Waals surface area contributed by atoms with Gasteiger partial charge in [-0.05, 0) is 26.2 Å². The van der Waals surface area contributed by atoms with Gasteiger partial charge < -0.3 is 5.11 Å². The van der Waals surface area contributed by atoms with Gasteiger partial charge in [-0.15, -0.1) is 0 Å². The van der Waals surface area contributed by atoms with Gasteiger partial charge in [0, 0.05) is 0 Å². The van der Waals surface area contributed by atoms with Crippen LogP contribution in [0.25, 0.3) is 0 Å². The van der Waals surface area contributed by atoms with Gasteiger partial charge in [-0.2, -0.15) is 0 Å². The van der Waals surface area contributed by atoms with Gasteiger partial charge in [0.2, 0.25) is 0 Å². The molecule has 0 fully saturated rings. The first kappa shape index (κ1) is 12.4. The molecule has 1 nitrogen and oxygen atoms in total. The zero-order valence-corrected chi connectivity index (χ0v) is 8.92. The molecule has 0 aromatic rings. The highest BCUT2D eigenvalue weighted by molar-refractivity contribution is 5.04. The summed E-state index contributed by atoms with van der Waals surface area (Å²) in [4.78, 5) is 0. The average molecular weight is 182 g/mol. The molecule has 0 aromatic carbocycles. The van der Waals surface area contributed by atoms with Gasteiger partial charge in [0.25, 0.3) is 0 Å². The molecule has 0 rings (SSSR count). The summed E-state index contributed by atoms with van der Waals surface area (Å²) in [5.74, 6) is 0. The highest BCUT2D eigenvalue weighted by Gasteiger charge is 1.84. The Morgan fingerprint density at radius 1 is 1.23 bits per heavy atom. The van der Waals surface area contributed by atoms with E-state index in [2.05, 4.69) is 19.1 Å². The van der Waals surface area contributed by atoms with Gasteiger partial charge in [-0.1, -0.05) is 43.6 Å². The van der Waals surface area contributed by atoms with Gasteiger partial charge >= 0.3 is 0 Å². The summed E-state index contributed by atoms with van der Waals surface area (Å²) in [6.07, 6.45) is 12.4. The normalized spacial score (nSPS) is 12.7. The van der Waals surface area contributed by atoms with Crippen LogP contribution in [0.1, 0.15) is 46.0 Å². The summed E-state index contributed by atoms with van der Waals surface area (Å²) in [6.45, 7) is 4.43. The van der Waals surface area contributed by atoms with Crippen LogP contribution >= 0.6 is 0 Å². The molecule has 0 heterocycles. The molecule has 0 atom stereocenters. The minimum atomic E-state index is 0.162. The largest absolute Gasteiger partial charge is 0.392 e. The lowest BCUT2D eigenvalue weighted by molar-refractivity contribution is 0.341. The maximum atomic E-state index is 8.61. The highest BCUT2D eigenvalue weighted by atomic mass is 16.2. The maximum Gasteiger partial charge on any atom is 0.0615 e. The van der Waals surface area contributed by atoms with Crippen molar-refractivity contribution >= 4 is 0 Å². The standard InChI is InChI=1S/C12H22O/c1-3-4-5-6-7-8-9-12(2)10-11-13/h7-8,10,13H,3-6,9,11H2,1-2H3. The third-order valence-corrected chi connectivity index (χ3v) is 2.02. The fourth-order valence-corrected chi connectivity index (χ4v) is 1.14. The van der Waals surface area contributed by atoms with Gasteiger partial charge in [0.15, 0.2) is 0 Å². The Kier molecular flexibility index (Phi) is 9.12. The van der Waals surface area contributed by atoms with Crippen molar-refractivity contribution in [3.63, 3.8) is 0 Å². The Morgan fingerprint density at radius 3 is 2.62 bits per heavy atom. The second-order valence-electron chi connectivity index (χ2n) is 3.40. The molecule has 0 aliphatic heterocycles. The second-order valence-corrected chi connectivity index (χ2v) is 3.40. The summed E-state index contributed by atoms with van der Waals surface area (Å²) in [6, 6.07) is 0. The van der Waals surface area contributed by atoms with Crippen molar-refractivity contribution in [3.8, 4) is 0 Å². The SMILES string of the molecule is CCCCCC=CCC(C)=CCO. The zero-order chi connectivity index (χ0) is 9.94. The van der Waals surface area contributed by atoms with E-state index >= 15 is 0 Å². The Bertz CT molecular complexity index is 157. The van der Waals surface area contributed by atoms with E-state index in [1.165, 1.54) is 31.3 Å². The summed E-state index contributed by atoms with van der Waals surface area (Å²) in [5, 5.41) is 8.61. The average Bonchev–Trinajstić information content (AvgIpc) is 2.11. The Hall–Kier alpha value is -0.560. The van der Waals surface area contributed by atoms with Crippen molar-refractivity contribution in [2.75, 3.05) is 6.61 Å². The number of allylic oxidation sites excluding steroid dienone is 3. The first-order valence-electron chi connectivity index (χ1n) is 5.22. The lowest BCUT2D eigenvalue weighted by Crippen LogP contribution is -1.78. The van der Waals surface area contributed by atoms with Crippen molar-refractivity contribution < 1.29 is 5.11 Å². The maximum absolute atomic E-state index is 8.61. The first-order valence-corrected chi connectivity index (χ1v) is 5.22. The van der Waals surface area contributed by atoms with E-state index in [-0.39, 0.29) is 6.61 Å². The molecule has 0 saturated carbocycles. The summed E-state index contributed by atoms with van der Waals surface area (Å²) in [7, 11) is 0.